The molecular formula is C14H27NO3. The van der Waals surface area contributed by atoms with Crippen molar-refractivity contribution in [1.82, 2.24) is 5.32 Å². The molecule has 1 heterocycles. The predicted molar refractivity (Wildman–Crippen MR) is 71.5 cm³/mol. The summed E-state index contributed by atoms with van der Waals surface area (Å²) in [4.78, 5) is 11.7. The van der Waals surface area contributed by atoms with Gasteiger partial charge in [0.2, 0.25) is 0 Å². The van der Waals surface area contributed by atoms with E-state index >= 15 is 0 Å². The molecule has 1 N–H and O–H groups in total. The number of esters is 1. The van der Waals surface area contributed by atoms with Gasteiger partial charge in [0.05, 0.1) is 0 Å². The highest BCUT2D eigenvalue weighted by Crippen LogP contribution is 2.13. The number of carbonyl (C=O) groups excluding carboxylic acids is 1. The number of nitrogens with one attached hydrogen (secondary N) is 1. The minimum absolute atomic E-state index is 0.198. The zero-order valence-corrected chi connectivity index (χ0v) is 11.9. The molecule has 1 aliphatic heterocycles. The number of hydrogen-bond donors (Lipinski definition) is 1. The molecule has 0 radical (unpaired) electrons. The Labute approximate surface area is 110 Å². The van der Waals surface area contributed by atoms with E-state index in [1.165, 1.54) is 0 Å². The Morgan fingerprint density at radius 1 is 1.50 bits per heavy atom. The largest absolute Gasteiger partial charge is 0.462 e. The standard InChI is InChI=1S/C14H27NO3/c1-4-12(15-8-7-11(2)3)10-18-14(16)13-6-5-9-17-13/h11-13,15H,4-10H2,1-3H3. The third-order valence-electron chi connectivity index (χ3n) is 3.27. The summed E-state index contributed by atoms with van der Waals surface area (Å²) in [5.41, 5.74) is 0. The van der Waals surface area contributed by atoms with Crippen LogP contribution in [-0.4, -0.2) is 37.9 Å². The average molecular weight is 257 g/mol. The van der Waals surface area contributed by atoms with Gasteiger partial charge in [0.15, 0.2) is 6.10 Å². The lowest BCUT2D eigenvalue weighted by Crippen LogP contribution is -2.36. The number of hydrogen-bond acceptors (Lipinski definition) is 4. The van der Waals surface area contributed by atoms with Crippen LogP contribution in [-0.2, 0) is 14.3 Å². The molecule has 2 atom stereocenters. The molecule has 0 aromatic heterocycles. The smallest absolute Gasteiger partial charge is 0.335 e. The second-order valence-corrected chi connectivity index (χ2v) is 5.37. The van der Waals surface area contributed by atoms with Crippen LogP contribution in [0, 0.1) is 5.92 Å². The Kier molecular flexibility index (Phi) is 7.28. The van der Waals surface area contributed by atoms with E-state index in [1.807, 2.05) is 0 Å². The van der Waals surface area contributed by atoms with E-state index in [0.29, 0.717) is 19.1 Å². The van der Waals surface area contributed by atoms with Crippen LogP contribution in [0.4, 0.5) is 0 Å². The normalized spacial score (nSPS) is 21.2. The summed E-state index contributed by atoms with van der Waals surface area (Å²) in [5.74, 6) is 0.501. The van der Waals surface area contributed by atoms with Crippen molar-refractivity contribution in [3.63, 3.8) is 0 Å². The molecule has 0 spiro atoms. The van der Waals surface area contributed by atoms with Crippen LogP contribution in [0.25, 0.3) is 0 Å². The Morgan fingerprint density at radius 3 is 2.83 bits per heavy atom. The molecule has 1 aliphatic rings. The van der Waals surface area contributed by atoms with E-state index in [-0.39, 0.29) is 18.1 Å². The molecule has 0 aromatic rings. The summed E-state index contributed by atoms with van der Waals surface area (Å²) >= 11 is 0. The van der Waals surface area contributed by atoms with Gasteiger partial charge in [-0.3, -0.25) is 0 Å². The van der Waals surface area contributed by atoms with Gasteiger partial charge in [-0.15, -0.1) is 0 Å². The summed E-state index contributed by atoms with van der Waals surface area (Å²) in [6.07, 6.45) is 3.56. The molecule has 0 amide bonds. The van der Waals surface area contributed by atoms with Gasteiger partial charge in [-0.2, -0.15) is 0 Å². The van der Waals surface area contributed by atoms with Crippen molar-refractivity contribution in [2.24, 2.45) is 5.92 Å². The van der Waals surface area contributed by atoms with E-state index in [2.05, 4.69) is 26.1 Å². The Bertz CT molecular complexity index is 237. The Balaban J connectivity index is 2.15. The zero-order valence-electron chi connectivity index (χ0n) is 11.9. The molecular weight excluding hydrogens is 230 g/mol. The van der Waals surface area contributed by atoms with Gasteiger partial charge in [0, 0.05) is 12.6 Å². The first-order valence-corrected chi connectivity index (χ1v) is 7.15. The maximum Gasteiger partial charge on any atom is 0.335 e. The molecule has 2 unspecified atom stereocenters. The molecule has 1 rings (SSSR count). The second kappa shape index (κ2) is 8.48. The highest BCUT2D eigenvalue weighted by Gasteiger charge is 2.25. The lowest BCUT2D eigenvalue weighted by Gasteiger charge is -2.18. The second-order valence-electron chi connectivity index (χ2n) is 5.37. The van der Waals surface area contributed by atoms with Crippen molar-refractivity contribution in [3.05, 3.63) is 0 Å². The minimum atomic E-state index is -0.321. The molecule has 106 valence electrons. The molecule has 4 nitrogen and oxygen atoms in total. The maximum absolute atomic E-state index is 11.7. The highest BCUT2D eigenvalue weighted by atomic mass is 16.6. The third-order valence-corrected chi connectivity index (χ3v) is 3.27. The maximum atomic E-state index is 11.7. The van der Waals surface area contributed by atoms with E-state index in [1.54, 1.807) is 0 Å². The molecule has 1 fully saturated rings. The van der Waals surface area contributed by atoms with Crippen molar-refractivity contribution in [3.8, 4) is 0 Å². The molecule has 0 aliphatic carbocycles. The fourth-order valence-corrected chi connectivity index (χ4v) is 1.94. The third kappa shape index (κ3) is 5.83. The summed E-state index contributed by atoms with van der Waals surface area (Å²) in [7, 11) is 0. The zero-order chi connectivity index (χ0) is 13.4. The number of carbonyl (C=O) groups is 1. The van der Waals surface area contributed by atoms with Crippen molar-refractivity contribution in [2.75, 3.05) is 19.8 Å². The van der Waals surface area contributed by atoms with Crippen molar-refractivity contribution >= 4 is 5.97 Å². The van der Waals surface area contributed by atoms with Gasteiger partial charge in [-0.1, -0.05) is 20.8 Å². The van der Waals surface area contributed by atoms with Crippen molar-refractivity contribution < 1.29 is 14.3 Å². The highest BCUT2D eigenvalue weighted by molar-refractivity contribution is 5.74. The van der Waals surface area contributed by atoms with Gasteiger partial charge in [0.25, 0.3) is 0 Å². The lowest BCUT2D eigenvalue weighted by molar-refractivity contribution is -0.155. The lowest BCUT2D eigenvalue weighted by atomic mass is 10.1. The number of ether oxygens (including phenoxy) is 2. The van der Waals surface area contributed by atoms with E-state index in [0.717, 1.165) is 32.2 Å². The van der Waals surface area contributed by atoms with E-state index in [9.17, 15) is 4.79 Å². The van der Waals surface area contributed by atoms with Gasteiger partial charge < -0.3 is 14.8 Å². The summed E-state index contributed by atoms with van der Waals surface area (Å²) in [6.45, 7) is 8.64. The summed E-state index contributed by atoms with van der Waals surface area (Å²) in [5, 5.41) is 3.43. The molecule has 1 saturated heterocycles. The van der Waals surface area contributed by atoms with Crippen LogP contribution in [0.2, 0.25) is 0 Å². The molecule has 0 aromatic carbocycles. The van der Waals surface area contributed by atoms with Crippen LogP contribution in [0.1, 0.15) is 46.5 Å². The van der Waals surface area contributed by atoms with Crippen LogP contribution in [0.5, 0.6) is 0 Å². The molecule has 18 heavy (non-hydrogen) atoms. The van der Waals surface area contributed by atoms with Crippen LogP contribution >= 0.6 is 0 Å². The first-order chi connectivity index (χ1) is 8.63. The quantitative estimate of drug-likeness (QED) is 0.677. The predicted octanol–water partition coefficient (Wildman–Crippen LogP) is 2.12. The summed E-state index contributed by atoms with van der Waals surface area (Å²) < 4.78 is 10.6. The summed E-state index contributed by atoms with van der Waals surface area (Å²) in [6, 6.07) is 0.258. The SMILES string of the molecule is CCC(COC(=O)C1CCCO1)NCCC(C)C. The fraction of sp³-hybridized carbons (Fsp3) is 0.929. The Hall–Kier alpha value is -0.610. The van der Waals surface area contributed by atoms with Crippen LogP contribution < -0.4 is 5.32 Å². The van der Waals surface area contributed by atoms with Crippen LogP contribution in [0.15, 0.2) is 0 Å². The van der Waals surface area contributed by atoms with Crippen molar-refractivity contribution in [2.45, 2.75) is 58.6 Å². The monoisotopic (exact) mass is 257 g/mol. The minimum Gasteiger partial charge on any atom is -0.462 e. The molecule has 0 bridgehead atoms. The fourth-order valence-electron chi connectivity index (χ4n) is 1.94. The molecule has 0 saturated carbocycles. The first-order valence-electron chi connectivity index (χ1n) is 7.15. The van der Waals surface area contributed by atoms with E-state index in [4.69, 9.17) is 9.47 Å². The van der Waals surface area contributed by atoms with Crippen LogP contribution in [0.3, 0.4) is 0 Å². The van der Waals surface area contributed by atoms with Gasteiger partial charge in [0.1, 0.15) is 6.61 Å². The first kappa shape index (κ1) is 15.4. The van der Waals surface area contributed by atoms with Crippen molar-refractivity contribution in [1.29, 1.82) is 0 Å². The topological polar surface area (TPSA) is 47.6 Å². The Morgan fingerprint density at radius 2 is 2.28 bits per heavy atom. The van der Waals surface area contributed by atoms with Gasteiger partial charge in [-0.25, -0.2) is 4.79 Å². The average Bonchev–Trinajstić information content (AvgIpc) is 2.86. The van der Waals surface area contributed by atoms with Gasteiger partial charge >= 0.3 is 5.97 Å². The van der Waals surface area contributed by atoms with E-state index < -0.39 is 0 Å². The van der Waals surface area contributed by atoms with Gasteiger partial charge in [-0.05, 0) is 38.1 Å². The molecule has 4 heteroatoms. The number of rotatable bonds is 8.